The molecule has 108 valence electrons. The first-order chi connectivity index (χ1) is 10.2. The third-order valence-electron chi connectivity index (χ3n) is 3.64. The molecule has 0 spiro atoms. The Hall–Kier alpha value is -2.49. The van der Waals surface area contributed by atoms with Crippen LogP contribution in [0.4, 0.5) is 0 Å². The number of fused-ring (bicyclic) bond motifs is 1. The lowest BCUT2D eigenvalue weighted by molar-refractivity contribution is -0.128. The minimum atomic E-state index is -0.00240. The van der Waals surface area contributed by atoms with Gasteiger partial charge in [-0.05, 0) is 31.2 Å². The fourth-order valence-electron chi connectivity index (χ4n) is 2.41. The van der Waals surface area contributed by atoms with Crippen LogP contribution in [0, 0.1) is 0 Å². The van der Waals surface area contributed by atoms with Gasteiger partial charge in [-0.15, -0.1) is 0 Å². The number of hydrogen-bond acceptors (Lipinski definition) is 2. The predicted octanol–water partition coefficient (Wildman–Crippen LogP) is 2.84. The Morgan fingerprint density at radius 1 is 1.33 bits per heavy atom. The van der Waals surface area contributed by atoms with Gasteiger partial charge in [0.2, 0.25) is 5.91 Å². The van der Waals surface area contributed by atoms with Crippen LogP contribution < -0.4 is 4.74 Å². The van der Waals surface area contributed by atoms with Crippen LogP contribution in [0.15, 0.2) is 48.7 Å². The number of nitrogens with zero attached hydrogens (tertiary/aromatic N) is 1. The second kappa shape index (κ2) is 5.87. The fourth-order valence-corrected chi connectivity index (χ4v) is 2.41. The average Bonchev–Trinajstić information content (AvgIpc) is 2.96. The summed E-state index contributed by atoms with van der Waals surface area (Å²) in [6.07, 6.45) is 5.24. The van der Waals surface area contributed by atoms with E-state index in [2.05, 4.69) is 4.98 Å². The van der Waals surface area contributed by atoms with E-state index in [0.29, 0.717) is 13.2 Å². The summed E-state index contributed by atoms with van der Waals surface area (Å²) >= 11 is 0. The summed E-state index contributed by atoms with van der Waals surface area (Å²) in [5, 5.41) is 0. The summed E-state index contributed by atoms with van der Waals surface area (Å²) in [6.45, 7) is 3.09. The molecule has 1 aromatic carbocycles. The van der Waals surface area contributed by atoms with Gasteiger partial charge in [-0.2, -0.15) is 0 Å². The maximum Gasteiger partial charge on any atom is 0.247 e. The molecule has 21 heavy (non-hydrogen) atoms. The molecule has 1 unspecified atom stereocenters. The summed E-state index contributed by atoms with van der Waals surface area (Å²) in [4.78, 5) is 17.3. The third-order valence-corrected chi connectivity index (χ3v) is 3.64. The maximum absolute atomic E-state index is 12.4. The molecule has 0 aliphatic carbocycles. The lowest BCUT2D eigenvalue weighted by Crippen LogP contribution is -2.38. The number of aromatic amines is 1. The molecule has 1 aliphatic heterocycles. The molecule has 1 N–H and O–H groups in total. The highest BCUT2D eigenvalue weighted by Crippen LogP contribution is 2.24. The molecule has 2 heterocycles. The lowest BCUT2D eigenvalue weighted by atomic mass is 10.1. The molecule has 4 heteroatoms. The molecule has 0 radical (unpaired) electrons. The van der Waals surface area contributed by atoms with Crippen molar-refractivity contribution < 1.29 is 9.53 Å². The molecule has 1 atom stereocenters. The summed E-state index contributed by atoms with van der Waals surface area (Å²) in [5.41, 5.74) is 1.96. The number of hydrogen-bond donors (Lipinski definition) is 1. The zero-order chi connectivity index (χ0) is 14.7. The molecule has 0 saturated carbocycles. The molecule has 0 bridgehead atoms. The van der Waals surface area contributed by atoms with Crippen LogP contribution >= 0.6 is 0 Å². The van der Waals surface area contributed by atoms with Gasteiger partial charge in [0.25, 0.3) is 0 Å². The zero-order valence-corrected chi connectivity index (χ0v) is 12.0. The molecule has 0 fully saturated rings. The van der Waals surface area contributed by atoms with Crippen molar-refractivity contribution in [2.75, 3.05) is 6.61 Å². The van der Waals surface area contributed by atoms with Crippen LogP contribution in [0.1, 0.15) is 18.2 Å². The van der Waals surface area contributed by atoms with E-state index in [0.717, 1.165) is 17.0 Å². The monoisotopic (exact) mass is 282 g/mol. The van der Waals surface area contributed by atoms with Crippen LogP contribution in [-0.2, 0) is 11.3 Å². The van der Waals surface area contributed by atoms with Gasteiger partial charge in [-0.25, -0.2) is 0 Å². The minimum absolute atomic E-state index is 0.00240. The number of para-hydroxylation sites is 1. The van der Waals surface area contributed by atoms with Gasteiger partial charge in [0, 0.05) is 23.5 Å². The summed E-state index contributed by atoms with van der Waals surface area (Å²) in [7, 11) is 0. The van der Waals surface area contributed by atoms with Gasteiger partial charge in [-0.3, -0.25) is 4.79 Å². The second-order valence-electron chi connectivity index (χ2n) is 5.19. The van der Waals surface area contributed by atoms with Crippen molar-refractivity contribution in [3.63, 3.8) is 0 Å². The van der Waals surface area contributed by atoms with Gasteiger partial charge in [0.05, 0.1) is 12.6 Å². The Bertz CT molecular complexity index is 647. The lowest BCUT2D eigenvalue weighted by Gasteiger charge is -2.24. The van der Waals surface area contributed by atoms with E-state index in [1.54, 1.807) is 12.2 Å². The highest BCUT2D eigenvalue weighted by Gasteiger charge is 2.23. The van der Waals surface area contributed by atoms with E-state index in [9.17, 15) is 4.79 Å². The smallest absolute Gasteiger partial charge is 0.247 e. The van der Waals surface area contributed by atoms with Crippen LogP contribution in [-0.4, -0.2) is 28.4 Å². The number of nitrogens with one attached hydrogen (secondary N) is 1. The molecular weight excluding hydrogens is 264 g/mol. The Balaban J connectivity index is 1.78. The molecule has 3 rings (SSSR count). The molecule has 0 saturated heterocycles. The summed E-state index contributed by atoms with van der Waals surface area (Å²) in [6, 6.07) is 11.7. The number of carbonyl (C=O) groups is 1. The first-order valence-electron chi connectivity index (χ1n) is 7.07. The molecule has 2 aromatic rings. The molecule has 4 nitrogen and oxygen atoms in total. The molecule has 1 aromatic heterocycles. The molecule has 1 aliphatic rings. The minimum Gasteiger partial charge on any atom is -0.491 e. The average molecular weight is 282 g/mol. The van der Waals surface area contributed by atoms with E-state index in [-0.39, 0.29) is 11.9 Å². The van der Waals surface area contributed by atoms with E-state index in [1.807, 2.05) is 54.4 Å². The number of rotatable bonds is 2. The maximum atomic E-state index is 12.4. The van der Waals surface area contributed by atoms with Crippen molar-refractivity contribution in [3.8, 4) is 5.75 Å². The van der Waals surface area contributed by atoms with Gasteiger partial charge in [-0.1, -0.05) is 18.2 Å². The number of benzene rings is 1. The second-order valence-corrected chi connectivity index (χ2v) is 5.19. The van der Waals surface area contributed by atoms with E-state index in [1.165, 1.54) is 0 Å². The number of carbonyl (C=O) groups excluding carboxylic acids is 1. The van der Waals surface area contributed by atoms with Crippen molar-refractivity contribution in [3.05, 3.63) is 59.9 Å². The molecule has 1 amide bonds. The highest BCUT2D eigenvalue weighted by atomic mass is 16.5. The van der Waals surface area contributed by atoms with Crippen molar-refractivity contribution in [1.82, 2.24) is 9.88 Å². The zero-order valence-electron chi connectivity index (χ0n) is 12.0. The Morgan fingerprint density at radius 2 is 2.19 bits per heavy atom. The fraction of sp³-hybridized carbons (Fsp3) is 0.235. The highest BCUT2D eigenvalue weighted by molar-refractivity contribution is 5.91. The van der Waals surface area contributed by atoms with Gasteiger partial charge in [0.1, 0.15) is 12.4 Å². The van der Waals surface area contributed by atoms with Crippen LogP contribution in [0.5, 0.6) is 5.75 Å². The Morgan fingerprint density at radius 3 is 3.00 bits per heavy atom. The Labute approximate surface area is 124 Å². The number of amides is 1. The van der Waals surface area contributed by atoms with Crippen LogP contribution in [0.25, 0.3) is 6.08 Å². The Kier molecular flexibility index (Phi) is 3.77. The van der Waals surface area contributed by atoms with Gasteiger partial charge >= 0.3 is 0 Å². The summed E-state index contributed by atoms with van der Waals surface area (Å²) < 4.78 is 5.77. The number of H-pyrrole nitrogens is 1. The van der Waals surface area contributed by atoms with Crippen molar-refractivity contribution >= 4 is 12.0 Å². The van der Waals surface area contributed by atoms with Crippen LogP contribution in [0.3, 0.4) is 0 Å². The van der Waals surface area contributed by atoms with Gasteiger partial charge in [0.15, 0.2) is 0 Å². The first kappa shape index (κ1) is 13.5. The normalized spacial score (nSPS) is 18.1. The topological polar surface area (TPSA) is 45.3 Å². The van der Waals surface area contributed by atoms with Crippen molar-refractivity contribution in [2.45, 2.75) is 19.5 Å². The van der Waals surface area contributed by atoms with Crippen LogP contribution in [0.2, 0.25) is 0 Å². The van der Waals surface area contributed by atoms with Crippen molar-refractivity contribution in [1.29, 1.82) is 0 Å². The largest absolute Gasteiger partial charge is 0.491 e. The first-order valence-corrected chi connectivity index (χ1v) is 7.07. The van der Waals surface area contributed by atoms with E-state index in [4.69, 9.17) is 4.74 Å². The quantitative estimate of drug-likeness (QED) is 0.861. The summed E-state index contributed by atoms with van der Waals surface area (Å²) in [5.74, 6) is 0.866. The molecular formula is C17H18N2O2. The standard InChI is InChI=1S/C17H18N2O2/c1-13-12-21-16-7-3-2-5-14(16)11-19(13)17(20)9-8-15-6-4-10-18-15/h2-10,13,18H,11-12H2,1H3/b9-8+. The third kappa shape index (κ3) is 2.99. The SMILES string of the molecule is CC1COc2ccccc2CN1C(=O)/C=C/c1ccc[nH]1. The van der Waals surface area contributed by atoms with E-state index >= 15 is 0 Å². The van der Waals surface area contributed by atoms with E-state index < -0.39 is 0 Å². The number of aromatic nitrogens is 1. The predicted molar refractivity (Wildman–Crippen MR) is 81.8 cm³/mol. The number of ether oxygens (including phenoxy) is 1. The van der Waals surface area contributed by atoms with Gasteiger partial charge < -0.3 is 14.6 Å². The van der Waals surface area contributed by atoms with Crippen molar-refractivity contribution in [2.24, 2.45) is 0 Å².